The summed E-state index contributed by atoms with van der Waals surface area (Å²) < 4.78 is 45.7. The second-order valence-corrected chi connectivity index (χ2v) is 8.44. The Labute approximate surface area is 154 Å². The number of rotatable bonds is 5. The largest absolute Gasteiger partial charge is 0.491 e. The zero-order valence-corrected chi connectivity index (χ0v) is 15.7. The summed E-state index contributed by atoms with van der Waals surface area (Å²) in [5.41, 5.74) is 0.902. The lowest BCUT2D eigenvalue weighted by atomic mass is 10.2. The van der Waals surface area contributed by atoms with Crippen LogP contribution >= 0.6 is 0 Å². The maximum atomic E-state index is 13.0. The molecule has 1 aliphatic heterocycles. The van der Waals surface area contributed by atoms with Crippen LogP contribution in [-0.2, 0) is 10.0 Å². The molecule has 1 aliphatic rings. The molecule has 26 heavy (non-hydrogen) atoms. The third-order valence-corrected chi connectivity index (χ3v) is 6.18. The van der Waals surface area contributed by atoms with Gasteiger partial charge in [0.2, 0.25) is 10.0 Å². The van der Waals surface area contributed by atoms with E-state index in [1.54, 1.807) is 36.4 Å². The summed E-state index contributed by atoms with van der Waals surface area (Å²) in [6, 6.07) is 12.8. The van der Waals surface area contributed by atoms with Crippen LogP contribution in [0.3, 0.4) is 0 Å². The van der Waals surface area contributed by atoms with Crippen LogP contribution in [0.2, 0.25) is 0 Å². The molecule has 0 atom stereocenters. The first-order valence-corrected chi connectivity index (χ1v) is 10.1. The minimum Gasteiger partial charge on any atom is -0.491 e. The van der Waals surface area contributed by atoms with Crippen molar-refractivity contribution < 1.29 is 17.5 Å². The fourth-order valence-electron chi connectivity index (χ4n) is 2.95. The molecule has 0 aliphatic carbocycles. The molecule has 5 nitrogen and oxygen atoms in total. The minimum absolute atomic E-state index is 0.0389. The number of sulfonamides is 1. The van der Waals surface area contributed by atoms with Crippen LogP contribution in [0.5, 0.6) is 5.75 Å². The molecule has 7 heteroatoms. The highest BCUT2D eigenvalue weighted by Crippen LogP contribution is 2.23. The molecule has 2 aromatic rings. The highest BCUT2D eigenvalue weighted by atomic mass is 32.2. The zero-order chi connectivity index (χ0) is 18.7. The van der Waals surface area contributed by atoms with Crippen LogP contribution in [-0.4, -0.2) is 45.0 Å². The standard InChI is InChI=1S/C19H23FN2O3S/c1-15(2)25-18-7-9-19(10-8-18)26(23,24)22-13-11-21(12-14-22)17-5-3-16(20)4-6-17/h3-10,15H,11-14H2,1-2H3. The van der Waals surface area contributed by atoms with E-state index < -0.39 is 10.0 Å². The Balaban J connectivity index is 1.66. The van der Waals surface area contributed by atoms with Crippen LogP contribution in [0.15, 0.2) is 53.4 Å². The molecule has 0 N–H and O–H groups in total. The third kappa shape index (κ3) is 4.16. The molecule has 0 bridgehead atoms. The Hall–Kier alpha value is -2.12. The smallest absolute Gasteiger partial charge is 0.243 e. The lowest BCUT2D eigenvalue weighted by molar-refractivity contribution is 0.242. The first-order chi connectivity index (χ1) is 12.4. The maximum Gasteiger partial charge on any atom is 0.243 e. The monoisotopic (exact) mass is 378 g/mol. The van der Waals surface area contributed by atoms with Gasteiger partial charge >= 0.3 is 0 Å². The number of anilines is 1. The van der Waals surface area contributed by atoms with E-state index in [9.17, 15) is 12.8 Å². The lowest BCUT2D eigenvalue weighted by Gasteiger charge is -2.35. The molecule has 0 aromatic heterocycles. The predicted molar refractivity (Wildman–Crippen MR) is 99.6 cm³/mol. The van der Waals surface area contributed by atoms with Crippen LogP contribution < -0.4 is 9.64 Å². The molecule has 1 saturated heterocycles. The summed E-state index contributed by atoms with van der Waals surface area (Å²) in [4.78, 5) is 2.33. The van der Waals surface area contributed by atoms with Crippen molar-refractivity contribution in [1.29, 1.82) is 0 Å². The summed E-state index contributed by atoms with van der Waals surface area (Å²) in [7, 11) is -3.53. The lowest BCUT2D eigenvalue weighted by Crippen LogP contribution is -2.48. The van der Waals surface area contributed by atoms with E-state index in [0.29, 0.717) is 31.9 Å². The number of ether oxygens (including phenoxy) is 1. The molecule has 1 fully saturated rings. The van der Waals surface area contributed by atoms with Gasteiger partial charge in [0, 0.05) is 31.9 Å². The molecule has 0 amide bonds. The molecule has 2 aromatic carbocycles. The molecule has 0 spiro atoms. The van der Waals surface area contributed by atoms with E-state index in [-0.39, 0.29) is 16.8 Å². The SMILES string of the molecule is CC(C)Oc1ccc(S(=O)(=O)N2CCN(c3ccc(F)cc3)CC2)cc1. The van der Waals surface area contributed by atoms with Gasteiger partial charge in [-0.1, -0.05) is 0 Å². The van der Waals surface area contributed by atoms with E-state index >= 15 is 0 Å². The quantitative estimate of drug-likeness (QED) is 0.802. The molecular weight excluding hydrogens is 355 g/mol. The van der Waals surface area contributed by atoms with E-state index in [0.717, 1.165) is 5.69 Å². The van der Waals surface area contributed by atoms with Gasteiger partial charge in [-0.2, -0.15) is 4.31 Å². The number of halogens is 1. The summed E-state index contributed by atoms with van der Waals surface area (Å²) in [6.45, 7) is 5.77. The van der Waals surface area contributed by atoms with Crippen LogP contribution in [0, 0.1) is 5.82 Å². The summed E-state index contributed by atoms with van der Waals surface area (Å²) in [5.74, 6) is 0.375. The van der Waals surface area contributed by atoms with E-state index in [2.05, 4.69) is 4.90 Å². The summed E-state index contributed by atoms with van der Waals surface area (Å²) in [5, 5.41) is 0. The Morgan fingerprint density at radius 3 is 2.04 bits per heavy atom. The van der Waals surface area contributed by atoms with Gasteiger partial charge in [0.25, 0.3) is 0 Å². The number of nitrogens with zero attached hydrogens (tertiary/aromatic N) is 2. The summed E-state index contributed by atoms with van der Waals surface area (Å²) >= 11 is 0. The van der Waals surface area contributed by atoms with Crippen molar-refractivity contribution in [3.8, 4) is 5.75 Å². The fraction of sp³-hybridized carbons (Fsp3) is 0.368. The van der Waals surface area contributed by atoms with E-state index in [1.807, 2.05) is 13.8 Å². The fourth-order valence-corrected chi connectivity index (χ4v) is 4.37. The average Bonchev–Trinajstić information content (AvgIpc) is 2.62. The number of hydrogen-bond donors (Lipinski definition) is 0. The van der Waals surface area contributed by atoms with Crippen LogP contribution in [0.1, 0.15) is 13.8 Å². The Morgan fingerprint density at radius 2 is 1.50 bits per heavy atom. The average molecular weight is 378 g/mol. The Kier molecular flexibility index (Phi) is 5.48. The Bertz CT molecular complexity index is 828. The van der Waals surface area contributed by atoms with Crippen LogP contribution in [0.25, 0.3) is 0 Å². The molecule has 0 saturated carbocycles. The van der Waals surface area contributed by atoms with Gasteiger partial charge < -0.3 is 9.64 Å². The molecule has 0 unspecified atom stereocenters. The second-order valence-electron chi connectivity index (χ2n) is 6.51. The van der Waals surface area contributed by atoms with Crippen molar-refractivity contribution >= 4 is 15.7 Å². The van der Waals surface area contributed by atoms with E-state index in [1.165, 1.54) is 16.4 Å². The van der Waals surface area contributed by atoms with E-state index in [4.69, 9.17) is 4.74 Å². The molecular formula is C19H23FN2O3S. The minimum atomic E-state index is -3.53. The van der Waals surface area contributed by atoms with Crippen molar-refractivity contribution in [2.24, 2.45) is 0 Å². The summed E-state index contributed by atoms with van der Waals surface area (Å²) in [6.07, 6.45) is 0.0389. The molecule has 0 radical (unpaired) electrons. The Morgan fingerprint density at radius 1 is 0.923 bits per heavy atom. The topological polar surface area (TPSA) is 49.9 Å². The van der Waals surface area contributed by atoms with Gasteiger partial charge in [-0.05, 0) is 62.4 Å². The van der Waals surface area contributed by atoms with Crippen molar-refractivity contribution in [3.63, 3.8) is 0 Å². The zero-order valence-electron chi connectivity index (χ0n) is 14.9. The van der Waals surface area contributed by atoms with Crippen LogP contribution in [0.4, 0.5) is 10.1 Å². The van der Waals surface area contributed by atoms with Gasteiger partial charge in [-0.15, -0.1) is 0 Å². The highest BCUT2D eigenvalue weighted by Gasteiger charge is 2.28. The normalized spacial score (nSPS) is 16.1. The second kappa shape index (κ2) is 7.63. The van der Waals surface area contributed by atoms with Crippen molar-refractivity contribution in [3.05, 3.63) is 54.3 Å². The van der Waals surface area contributed by atoms with Gasteiger partial charge in [0.05, 0.1) is 11.0 Å². The highest BCUT2D eigenvalue weighted by molar-refractivity contribution is 7.89. The molecule has 140 valence electrons. The van der Waals surface area contributed by atoms with Crippen molar-refractivity contribution in [2.75, 3.05) is 31.1 Å². The first kappa shape index (κ1) is 18.7. The first-order valence-electron chi connectivity index (χ1n) is 8.63. The van der Waals surface area contributed by atoms with Gasteiger partial charge in [0.15, 0.2) is 0 Å². The van der Waals surface area contributed by atoms with Gasteiger partial charge in [0.1, 0.15) is 11.6 Å². The van der Waals surface area contributed by atoms with Gasteiger partial charge in [-0.25, -0.2) is 12.8 Å². The maximum absolute atomic E-state index is 13.0. The molecule has 1 heterocycles. The third-order valence-electron chi connectivity index (χ3n) is 4.26. The predicted octanol–water partition coefficient (Wildman–Crippen LogP) is 3.12. The van der Waals surface area contributed by atoms with Gasteiger partial charge in [-0.3, -0.25) is 0 Å². The number of benzene rings is 2. The molecule has 3 rings (SSSR count). The number of hydrogen-bond acceptors (Lipinski definition) is 4. The number of piperazine rings is 1. The van der Waals surface area contributed by atoms with Crippen molar-refractivity contribution in [1.82, 2.24) is 4.31 Å². The van der Waals surface area contributed by atoms with Crippen molar-refractivity contribution in [2.45, 2.75) is 24.8 Å².